The summed E-state index contributed by atoms with van der Waals surface area (Å²) in [5.74, 6) is 0.155. The SMILES string of the molecule is COC(C)(C)C(=O)N1CCCC(CCc2ccccc2C(F)(F)F)C1. The first-order valence-electron chi connectivity index (χ1n) is 8.65. The normalized spacial score (nSPS) is 19.1. The van der Waals surface area contributed by atoms with Gasteiger partial charge in [0.15, 0.2) is 0 Å². The second kappa shape index (κ2) is 7.77. The maximum absolute atomic E-state index is 13.1. The number of carbonyl (C=O) groups excluding carboxylic acids is 1. The number of nitrogens with zero attached hydrogens (tertiary/aromatic N) is 1. The first-order valence-corrected chi connectivity index (χ1v) is 8.65. The Bertz CT molecular complexity index is 599. The van der Waals surface area contributed by atoms with Crippen LogP contribution in [0.2, 0.25) is 0 Å². The third kappa shape index (κ3) is 4.97. The van der Waals surface area contributed by atoms with E-state index in [1.165, 1.54) is 13.2 Å². The van der Waals surface area contributed by atoms with Crippen LogP contribution in [0.4, 0.5) is 13.2 Å². The van der Waals surface area contributed by atoms with E-state index in [1.54, 1.807) is 30.9 Å². The molecule has 1 amide bonds. The average molecular weight is 357 g/mol. The van der Waals surface area contributed by atoms with E-state index in [9.17, 15) is 18.0 Å². The van der Waals surface area contributed by atoms with Gasteiger partial charge in [-0.3, -0.25) is 4.79 Å². The van der Waals surface area contributed by atoms with Crippen LogP contribution < -0.4 is 0 Å². The summed E-state index contributed by atoms with van der Waals surface area (Å²) in [5, 5.41) is 0. The van der Waals surface area contributed by atoms with E-state index in [0.29, 0.717) is 31.5 Å². The fraction of sp³-hybridized carbons (Fsp3) is 0.632. The Morgan fingerprint density at radius 2 is 1.96 bits per heavy atom. The fourth-order valence-electron chi connectivity index (χ4n) is 3.33. The van der Waals surface area contributed by atoms with E-state index >= 15 is 0 Å². The Morgan fingerprint density at radius 1 is 1.28 bits per heavy atom. The summed E-state index contributed by atoms with van der Waals surface area (Å²) < 4.78 is 44.5. The van der Waals surface area contributed by atoms with Crippen LogP contribution in [0.3, 0.4) is 0 Å². The number of alkyl halides is 3. The van der Waals surface area contributed by atoms with E-state index in [0.717, 1.165) is 18.9 Å². The molecular weight excluding hydrogens is 331 g/mol. The van der Waals surface area contributed by atoms with Gasteiger partial charge in [0.25, 0.3) is 5.91 Å². The summed E-state index contributed by atoms with van der Waals surface area (Å²) in [6.45, 7) is 4.73. The predicted octanol–water partition coefficient (Wildman–Crippen LogP) is 4.30. The first kappa shape index (κ1) is 19.8. The van der Waals surface area contributed by atoms with Crippen molar-refractivity contribution in [1.82, 2.24) is 4.90 Å². The van der Waals surface area contributed by atoms with E-state index in [2.05, 4.69) is 0 Å². The molecular formula is C19H26F3NO2. The van der Waals surface area contributed by atoms with Gasteiger partial charge in [-0.05, 0) is 57.1 Å². The molecule has 1 aliphatic rings. The molecule has 0 spiro atoms. The lowest BCUT2D eigenvalue weighted by Crippen LogP contribution is -2.50. The van der Waals surface area contributed by atoms with Crippen LogP contribution in [-0.4, -0.2) is 36.6 Å². The molecule has 1 fully saturated rings. The van der Waals surface area contributed by atoms with Gasteiger partial charge >= 0.3 is 6.18 Å². The minimum absolute atomic E-state index is 0.0598. The number of aryl methyl sites for hydroxylation is 1. The lowest BCUT2D eigenvalue weighted by molar-refractivity contribution is -0.152. The third-order valence-corrected chi connectivity index (χ3v) is 4.98. The molecule has 1 saturated heterocycles. The number of halogens is 3. The highest BCUT2D eigenvalue weighted by Crippen LogP contribution is 2.33. The Balaban J connectivity index is 1.99. The number of likely N-dealkylation sites (tertiary alicyclic amines) is 1. The lowest BCUT2D eigenvalue weighted by atomic mass is 9.89. The molecule has 3 nitrogen and oxygen atoms in total. The lowest BCUT2D eigenvalue weighted by Gasteiger charge is -2.37. The third-order valence-electron chi connectivity index (χ3n) is 4.98. The first-order chi connectivity index (χ1) is 11.6. The van der Waals surface area contributed by atoms with Gasteiger partial charge in [-0.25, -0.2) is 0 Å². The van der Waals surface area contributed by atoms with Crippen LogP contribution in [0.5, 0.6) is 0 Å². The van der Waals surface area contributed by atoms with Gasteiger partial charge in [0, 0.05) is 20.2 Å². The predicted molar refractivity (Wildman–Crippen MR) is 90.2 cm³/mol. The number of ether oxygens (including phenoxy) is 1. The zero-order chi connectivity index (χ0) is 18.7. The molecule has 0 saturated carbocycles. The van der Waals surface area contributed by atoms with Gasteiger partial charge in [0.2, 0.25) is 0 Å². The van der Waals surface area contributed by atoms with Crippen molar-refractivity contribution in [2.45, 2.75) is 51.3 Å². The quantitative estimate of drug-likeness (QED) is 0.786. The molecule has 1 heterocycles. The van der Waals surface area contributed by atoms with Crippen LogP contribution in [0, 0.1) is 5.92 Å². The summed E-state index contributed by atoms with van der Waals surface area (Å²) in [7, 11) is 1.51. The van der Waals surface area contributed by atoms with Crippen molar-refractivity contribution >= 4 is 5.91 Å². The second-order valence-electron chi connectivity index (χ2n) is 7.17. The van der Waals surface area contributed by atoms with Gasteiger partial charge in [-0.1, -0.05) is 18.2 Å². The van der Waals surface area contributed by atoms with Gasteiger partial charge in [0.1, 0.15) is 5.60 Å². The molecule has 6 heteroatoms. The van der Waals surface area contributed by atoms with Crippen LogP contribution in [0.15, 0.2) is 24.3 Å². The molecule has 140 valence electrons. The van der Waals surface area contributed by atoms with E-state index in [4.69, 9.17) is 4.74 Å². The molecule has 1 atom stereocenters. The standard InChI is InChI=1S/C19H26F3NO2/c1-18(2,25-3)17(24)23-12-6-7-14(13-23)10-11-15-8-4-5-9-16(15)19(20,21)22/h4-5,8-9,14H,6-7,10-13H2,1-3H3. The largest absolute Gasteiger partial charge is 0.416 e. The van der Waals surface area contributed by atoms with Crippen LogP contribution in [0.25, 0.3) is 0 Å². The molecule has 0 radical (unpaired) electrons. The summed E-state index contributed by atoms with van der Waals surface area (Å²) in [4.78, 5) is 14.3. The molecule has 1 unspecified atom stereocenters. The Labute approximate surface area is 147 Å². The minimum Gasteiger partial charge on any atom is -0.369 e. The zero-order valence-electron chi connectivity index (χ0n) is 15.0. The number of benzene rings is 1. The van der Waals surface area contributed by atoms with Crippen molar-refractivity contribution in [3.63, 3.8) is 0 Å². The maximum atomic E-state index is 13.1. The van der Waals surface area contributed by atoms with Crippen molar-refractivity contribution in [1.29, 1.82) is 0 Å². The maximum Gasteiger partial charge on any atom is 0.416 e. The molecule has 1 aromatic rings. The van der Waals surface area contributed by atoms with Crippen molar-refractivity contribution in [2.24, 2.45) is 5.92 Å². The van der Waals surface area contributed by atoms with E-state index in [-0.39, 0.29) is 11.8 Å². The van der Waals surface area contributed by atoms with E-state index in [1.807, 2.05) is 0 Å². The van der Waals surface area contributed by atoms with Crippen LogP contribution in [0.1, 0.15) is 44.2 Å². The van der Waals surface area contributed by atoms with Gasteiger partial charge in [-0.2, -0.15) is 13.2 Å². The number of hydrogen-bond donors (Lipinski definition) is 0. The Hall–Kier alpha value is -1.56. The summed E-state index contributed by atoms with van der Waals surface area (Å²) in [6.07, 6.45) is -1.50. The molecule has 1 aromatic carbocycles. The molecule has 0 aromatic heterocycles. The topological polar surface area (TPSA) is 29.5 Å². The molecule has 2 rings (SSSR count). The van der Waals surface area contributed by atoms with Gasteiger partial charge in [0.05, 0.1) is 5.56 Å². The molecule has 0 N–H and O–H groups in total. The summed E-state index contributed by atoms with van der Waals surface area (Å²) in [6, 6.07) is 5.73. The van der Waals surface area contributed by atoms with Crippen molar-refractivity contribution in [3.8, 4) is 0 Å². The number of rotatable bonds is 5. The molecule has 0 aliphatic carbocycles. The number of amides is 1. The van der Waals surface area contributed by atoms with Gasteiger partial charge in [-0.15, -0.1) is 0 Å². The van der Waals surface area contributed by atoms with E-state index < -0.39 is 17.3 Å². The number of hydrogen-bond acceptors (Lipinski definition) is 2. The monoisotopic (exact) mass is 357 g/mol. The average Bonchev–Trinajstić information content (AvgIpc) is 2.59. The summed E-state index contributed by atoms with van der Waals surface area (Å²) >= 11 is 0. The Morgan fingerprint density at radius 3 is 2.60 bits per heavy atom. The molecule has 25 heavy (non-hydrogen) atoms. The van der Waals surface area contributed by atoms with Crippen molar-refractivity contribution in [3.05, 3.63) is 35.4 Å². The highest BCUT2D eigenvalue weighted by Gasteiger charge is 2.35. The number of carbonyl (C=O) groups is 1. The zero-order valence-corrected chi connectivity index (χ0v) is 15.0. The minimum atomic E-state index is -4.33. The highest BCUT2D eigenvalue weighted by atomic mass is 19.4. The molecule has 1 aliphatic heterocycles. The highest BCUT2D eigenvalue weighted by molar-refractivity contribution is 5.84. The van der Waals surface area contributed by atoms with Gasteiger partial charge < -0.3 is 9.64 Å². The number of methoxy groups -OCH3 is 1. The van der Waals surface area contributed by atoms with Crippen LogP contribution in [-0.2, 0) is 22.1 Å². The fourth-order valence-corrected chi connectivity index (χ4v) is 3.33. The number of piperidine rings is 1. The second-order valence-corrected chi connectivity index (χ2v) is 7.17. The van der Waals surface area contributed by atoms with Crippen molar-refractivity contribution < 1.29 is 22.7 Å². The smallest absolute Gasteiger partial charge is 0.369 e. The summed E-state index contributed by atoms with van der Waals surface area (Å²) in [5.41, 5.74) is -1.10. The Kier molecular flexibility index (Phi) is 6.14. The molecule has 0 bridgehead atoms. The van der Waals surface area contributed by atoms with Crippen LogP contribution >= 0.6 is 0 Å². The van der Waals surface area contributed by atoms with Crippen molar-refractivity contribution in [2.75, 3.05) is 20.2 Å².